The third kappa shape index (κ3) is 3.47. The molecule has 1 saturated heterocycles. The Bertz CT molecular complexity index is 1210. The summed E-state index contributed by atoms with van der Waals surface area (Å²) in [6, 6.07) is 7.59. The molecule has 11 heteroatoms. The average Bonchev–Trinajstić information content (AvgIpc) is 3.30. The van der Waals surface area contributed by atoms with Crippen LogP contribution in [0.1, 0.15) is 0 Å². The van der Waals surface area contributed by atoms with Gasteiger partial charge in [-0.3, -0.25) is 9.67 Å². The smallest absolute Gasteiger partial charge is 0.353 e. The van der Waals surface area contributed by atoms with Crippen LogP contribution in [0.25, 0.3) is 28.0 Å². The lowest BCUT2D eigenvalue weighted by Gasteiger charge is -2.37. The molecule has 154 valence electrons. The minimum absolute atomic E-state index is 0.160. The van der Waals surface area contributed by atoms with E-state index >= 15 is 0 Å². The van der Waals surface area contributed by atoms with E-state index in [-0.39, 0.29) is 6.04 Å². The van der Waals surface area contributed by atoms with Crippen molar-refractivity contribution in [1.82, 2.24) is 29.5 Å². The number of pyridine rings is 2. The molecule has 4 aromatic heterocycles. The highest BCUT2D eigenvalue weighted by Gasteiger charge is 2.28. The van der Waals surface area contributed by atoms with E-state index in [1.54, 1.807) is 23.1 Å². The second-order valence-electron chi connectivity index (χ2n) is 7.25. The van der Waals surface area contributed by atoms with Crippen LogP contribution in [0.4, 0.5) is 19.0 Å². The molecule has 0 bridgehead atoms. The van der Waals surface area contributed by atoms with E-state index in [1.807, 2.05) is 18.2 Å². The van der Waals surface area contributed by atoms with Gasteiger partial charge in [-0.05, 0) is 18.2 Å². The van der Waals surface area contributed by atoms with Crippen molar-refractivity contribution in [1.29, 1.82) is 0 Å². The summed E-state index contributed by atoms with van der Waals surface area (Å²) >= 11 is 0. The minimum atomic E-state index is -4.34. The molecular weight excluding hydrogens is 397 g/mol. The predicted octanol–water partition coefficient (Wildman–Crippen LogP) is 2.39. The van der Waals surface area contributed by atoms with Crippen molar-refractivity contribution in [3.05, 3.63) is 49.1 Å². The molecular formula is C19H17F3N8. The number of anilines is 1. The van der Waals surface area contributed by atoms with Gasteiger partial charge in [0.05, 0.1) is 23.6 Å². The maximum Gasteiger partial charge on any atom is 0.408 e. The summed E-state index contributed by atoms with van der Waals surface area (Å²) in [5, 5.41) is 8.99. The van der Waals surface area contributed by atoms with E-state index in [9.17, 15) is 13.2 Å². The lowest BCUT2D eigenvalue weighted by Crippen LogP contribution is -2.56. The predicted molar refractivity (Wildman–Crippen MR) is 104 cm³/mol. The van der Waals surface area contributed by atoms with Crippen LogP contribution in [0.5, 0.6) is 0 Å². The molecule has 0 radical (unpaired) electrons. The number of hydrogen-bond donors (Lipinski definition) is 1. The van der Waals surface area contributed by atoms with Crippen LogP contribution >= 0.6 is 0 Å². The molecule has 0 unspecified atom stereocenters. The van der Waals surface area contributed by atoms with Crippen molar-refractivity contribution in [2.45, 2.75) is 18.8 Å². The van der Waals surface area contributed by atoms with Crippen molar-refractivity contribution in [2.75, 3.05) is 18.0 Å². The minimum Gasteiger partial charge on any atom is -0.353 e. The molecule has 1 aliphatic rings. The Morgan fingerprint density at radius 1 is 1.07 bits per heavy atom. The number of alkyl halides is 3. The molecule has 0 atom stereocenters. The van der Waals surface area contributed by atoms with Crippen molar-refractivity contribution < 1.29 is 13.2 Å². The average molecular weight is 414 g/mol. The highest BCUT2D eigenvalue weighted by atomic mass is 19.4. The molecule has 5 rings (SSSR count). The van der Waals surface area contributed by atoms with Gasteiger partial charge in [-0.1, -0.05) is 6.07 Å². The Morgan fingerprint density at radius 2 is 1.87 bits per heavy atom. The van der Waals surface area contributed by atoms with Crippen molar-refractivity contribution in [3.63, 3.8) is 0 Å². The van der Waals surface area contributed by atoms with Crippen molar-refractivity contribution >= 4 is 16.7 Å². The van der Waals surface area contributed by atoms with Crippen LogP contribution in [0.3, 0.4) is 0 Å². The number of aromatic nitrogens is 6. The molecule has 1 aliphatic heterocycles. The largest absolute Gasteiger partial charge is 0.408 e. The molecule has 2 N–H and O–H groups in total. The third-order valence-corrected chi connectivity index (χ3v) is 4.89. The number of nitrogens with two attached hydrogens (primary N) is 1. The molecule has 8 nitrogen and oxygen atoms in total. The molecule has 5 heterocycles. The topological polar surface area (TPSA) is 90.7 Å². The zero-order chi connectivity index (χ0) is 20.9. The van der Waals surface area contributed by atoms with Gasteiger partial charge in [-0.25, -0.2) is 9.67 Å². The Morgan fingerprint density at radius 3 is 2.63 bits per heavy atom. The number of nitrogens with zero attached hydrogens (tertiary/aromatic N) is 7. The lowest BCUT2D eigenvalue weighted by atomic mass is 10.1. The zero-order valence-corrected chi connectivity index (χ0v) is 15.7. The normalized spacial score (nSPS) is 15.0. The Labute approximate surface area is 168 Å². The molecule has 0 amide bonds. The van der Waals surface area contributed by atoms with E-state index < -0.39 is 12.7 Å². The maximum absolute atomic E-state index is 12.6. The first-order valence-corrected chi connectivity index (χ1v) is 9.27. The summed E-state index contributed by atoms with van der Waals surface area (Å²) in [6.45, 7) is 0.364. The quantitative estimate of drug-likeness (QED) is 0.552. The highest BCUT2D eigenvalue weighted by molar-refractivity contribution is 5.83. The van der Waals surface area contributed by atoms with Crippen LogP contribution in [0.15, 0.2) is 49.1 Å². The Kier molecular flexibility index (Phi) is 4.21. The summed E-state index contributed by atoms with van der Waals surface area (Å²) in [6.07, 6.45) is 1.66. The van der Waals surface area contributed by atoms with E-state index in [1.165, 1.54) is 12.4 Å². The number of halogens is 3. The zero-order valence-electron chi connectivity index (χ0n) is 15.7. The molecule has 0 spiro atoms. The molecule has 0 aromatic carbocycles. The number of fused-ring (bicyclic) bond motifs is 1. The fourth-order valence-corrected chi connectivity index (χ4v) is 3.43. The molecule has 1 fully saturated rings. The first-order chi connectivity index (χ1) is 14.4. The summed E-state index contributed by atoms with van der Waals surface area (Å²) < 4.78 is 40.3. The Hall–Kier alpha value is -3.47. The second-order valence-corrected chi connectivity index (χ2v) is 7.25. The number of hydrogen-bond acceptors (Lipinski definition) is 6. The highest BCUT2D eigenvalue weighted by Crippen LogP contribution is 2.25. The maximum atomic E-state index is 12.6. The van der Waals surface area contributed by atoms with Crippen molar-refractivity contribution in [3.8, 4) is 17.1 Å². The van der Waals surface area contributed by atoms with Crippen LogP contribution in [-0.4, -0.2) is 54.8 Å². The summed E-state index contributed by atoms with van der Waals surface area (Å²) in [5.41, 5.74) is 7.59. The van der Waals surface area contributed by atoms with E-state index in [2.05, 4.69) is 25.1 Å². The van der Waals surface area contributed by atoms with Crippen LogP contribution in [0, 0.1) is 0 Å². The van der Waals surface area contributed by atoms with Gasteiger partial charge in [0.15, 0.2) is 5.82 Å². The van der Waals surface area contributed by atoms with Crippen molar-refractivity contribution in [2.24, 2.45) is 5.73 Å². The van der Waals surface area contributed by atoms with Gasteiger partial charge in [0.1, 0.15) is 12.4 Å². The molecule has 0 saturated carbocycles. The van der Waals surface area contributed by atoms with Crippen LogP contribution < -0.4 is 10.6 Å². The molecule has 0 aliphatic carbocycles. The monoisotopic (exact) mass is 414 g/mol. The molecule has 30 heavy (non-hydrogen) atoms. The summed E-state index contributed by atoms with van der Waals surface area (Å²) in [5.74, 6) is 1.45. The van der Waals surface area contributed by atoms with Gasteiger partial charge in [0, 0.05) is 42.5 Å². The molecule has 4 aromatic rings. The van der Waals surface area contributed by atoms with Gasteiger partial charge < -0.3 is 10.6 Å². The van der Waals surface area contributed by atoms with E-state index in [4.69, 9.17) is 5.73 Å². The summed E-state index contributed by atoms with van der Waals surface area (Å²) in [7, 11) is 0. The lowest BCUT2D eigenvalue weighted by molar-refractivity contribution is -0.142. The van der Waals surface area contributed by atoms with E-state index in [0.717, 1.165) is 34.5 Å². The first kappa shape index (κ1) is 18.6. The third-order valence-electron chi connectivity index (χ3n) is 4.89. The SMILES string of the molecule is NC1CN(c2cccc(-n3ncc4cnc(-c5cnn(CC(F)(F)F)c5)cc43)n2)C1. The summed E-state index contributed by atoms with van der Waals surface area (Å²) in [4.78, 5) is 11.1. The van der Waals surface area contributed by atoms with Gasteiger partial charge >= 0.3 is 6.18 Å². The van der Waals surface area contributed by atoms with E-state index in [0.29, 0.717) is 17.1 Å². The fraction of sp³-hybridized carbons (Fsp3) is 0.263. The van der Waals surface area contributed by atoms with Gasteiger partial charge in [0.25, 0.3) is 0 Å². The van der Waals surface area contributed by atoms with Gasteiger partial charge in [-0.15, -0.1) is 0 Å². The van der Waals surface area contributed by atoms with Crippen LogP contribution in [-0.2, 0) is 6.54 Å². The standard InChI is InChI=1S/C19H17F3N8/c20-19(21,22)11-29-8-13(7-25-29)15-4-16-12(5-24-15)6-26-30(16)18-3-1-2-17(27-18)28-9-14(23)10-28/h1-8,14H,9-11,23H2. The second kappa shape index (κ2) is 6.80. The first-order valence-electron chi connectivity index (χ1n) is 9.27. The Balaban J connectivity index is 1.49. The van der Waals surface area contributed by atoms with Gasteiger partial charge in [-0.2, -0.15) is 23.4 Å². The van der Waals surface area contributed by atoms with Gasteiger partial charge in [0.2, 0.25) is 0 Å². The fourth-order valence-electron chi connectivity index (χ4n) is 3.43. The van der Waals surface area contributed by atoms with Crippen LogP contribution in [0.2, 0.25) is 0 Å². The number of rotatable bonds is 4.